The molecule has 0 aliphatic carbocycles. The molecule has 3 nitrogen and oxygen atoms in total. The third-order valence-electron chi connectivity index (χ3n) is 4.90. The number of aliphatic hydroxyl groups is 1. The monoisotopic (exact) mass is 230 g/mol. The largest absolute Gasteiger partial charge is 0.381 e. The van der Waals surface area contributed by atoms with Gasteiger partial charge in [-0.3, -0.25) is 4.90 Å². The van der Waals surface area contributed by atoms with Gasteiger partial charge in [0.2, 0.25) is 0 Å². The molecule has 0 saturated carbocycles. The highest BCUT2D eigenvalue weighted by atomic mass is 16.3. The molecular weight excluding hydrogens is 212 g/mol. The van der Waals surface area contributed by atoms with Gasteiger partial charge in [-0.05, 0) is 31.7 Å². The summed E-state index contributed by atoms with van der Waals surface area (Å²) in [5.41, 5.74) is 1.34. The van der Waals surface area contributed by atoms with Crippen LogP contribution in [0.3, 0.4) is 0 Å². The van der Waals surface area contributed by atoms with Crippen molar-refractivity contribution in [2.45, 2.75) is 36.9 Å². The number of anilines is 1. The molecule has 0 aromatic heterocycles. The quantitative estimate of drug-likeness (QED) is 0.714. The molecule has 1 aromatic carbocycles. The van der Waals surface area contributed by atoms with Gasteiger partial charge in [0, 0.05) is 24.3 Å². The standard InChI is InChI=1S/C14H18N2O/c17-13-8-10-16-9-4-3-7-14(13,16)15-12-6-2-1-5-11(12)13/h1-2,5-6,15,17H,3-4,7-10H2. The minimum atomic E-state index is -0.677. The van der Waals surface area contributed by atoms with Gasteiger partial charge < -0.3 is 10.4 Å². The SMILES string of the molecule is OC12CCN3CCCCC31Nc1ccccc12. The number of nitrogens with one attached hydrogen (secondary N) is 1. The second-order valence-electron chi connectivity index (χ2n) is 5.59. The molecule has 3 heterocycles. The van der Waals surface area contributed by atoms with Crippen molar-refractivity contribution in [2.75, 3.05) is 18.4 Å². The van der Waals surface area contributed by atoms with Gasteiger partial charge in [-0.1, -0.05) is 18.2 Å². The zero-order valence-corrected chi connectivity index (χ0v) is 9.95. The van der Waals surface area contributed by atoms with E-state index >= 15 is 0 Å². The van der Waals surface area contributed by atoms with E-state index in [1.807, 2.05) is 12.1 Å². The lowest BCUT2D eigenvalue weighted by Crippen LogP contribution is -2.59. The second kappa shape index (κ2) is 3.03. The molecule has 2 fully saturated rings. The van der Waals surface area contributed by atoms with Crippen LogP contribution in [-0.2, 0) is 5.60 Å². The molecule has 0 bridgehead atoms. The Balaban J connectivity index is 1.90. The lowest BCUT2D eigenvalue weighted by Gasteiger charge is -2.46. The van der Waals surface area contributed by atoms with E-state index in [-0.39, 0.29) is 5.66 Å². The van der Waals surface area contributed by atoms with E-state index < -0.39 is 5.60 Å². The van der Waals surface area contributed by atoms with Gasteiger partial charge in [0.25, 0.3) is 0 Å². The molecule has 1 aromatic rings. The summed E-state index contributed by atoms with van der Waals surface area (Å²) < 4.78 is 0. The first-order valence-electron chi connectivity index (χ1n) is 6.61. The van der Waals surface area contributed by atoms with E-state index in [1.54, 1.807) is 0 Å². The van der Waals surface area contributed by atoms with Crippen molar-refractivity contribution < 1.29 is 5.11 Å². The summed E-state index contributed by atoms with van der Waals surface area (Å²) in [6, 6.07) is 8.24. The predicted molar refractivity (Wildman–Crippen MR) is 66.7 cm³/mol. The van der Waals surface area contributed by atoms with Crippen LogP contribution in [0.25, 0.3) is 0 Å². The number of hydrogen-bond donors (Lipinski definition) is 2. The molecule has 1 spiro atoms. The highest BCUT2D eigenvalue weighted by molar-refractivity contribution is 5.64. The Kier molecular flexibility index (Phi) is 1.77. The maximum atomic E-state index is 11.2. The zero-order chi connectivity index (χ0) is 11.5. The summed E-state index contributed by atoms with van der Waals surface area (Å²) in [6.07, 6.45) is 4.38. The summed E-state index contributed by atoms with van der Waals surface area (Å²) in [5.74, 6) is 0. The van der Waals surface area contributed by atoms with Crippen molar-refractivity contribution in [2.24, 2.45) is 0 Å². The minimum Gasteiger partial charge on any atom is -0.381 e. The van der Waals surface area contributed by atoms with E-state index in [2.05, 4.69) is 22.3 Å². The molecule has 0 amide bonds. The van der Waals surface area contributed by atoms with Crippen LogP contribution in [0.2, 0.25) is 0 Å². The summed E-state index contributed by atoms with van der Waals surface area (Å²) >= 11 is 0. The molecule has 3 aliphatic rings. The average Bonchev–Trinajstić information content (AvgIpc) is 2.77. The van der Waals surface area contributed by atoms with E-state index in [1.165, 1.54) is 12.8 Å². The zero-order valence-electron chi connectivity index (χ0n) is 9.95. The van der Waals surface area contributed by atoms with Gasteiger partial charge in [-0.25, -0.2) is 0 Å². The summed E-state index contributed by atoms with van der Waals surface area (Å²) in [4.78, 5) is 2.45. The molecule has 4 rings (SSSR count). The molecule has 3 aliphatic heterocycles. The average molecular weight is 230 g/mol. The van der Waals surface area contributed by atoms with Crippen LogP contribution >= 0.6 is 0 Å². The number of benzene rings is 1. The van der Waals surface area contributed by atoms with Crippen LogP contribution in [-0.4, -0.2) is 28.8 Å². The maximum Gasteiger partial charge on any atom is 0.129 e. The number of para-hydroxylation sites is 1. The first kappa shape index (κ1) is 9.92. The van der Waals surface area contributed by atoms with Gasteiger partial charge in [-0.2, -0.15) is 0 Å². The van der Waals surface area contributed by atoms with Crippen molar-refractivity contribution in [3.63, 3.8) is 0 Å². The Morgan fingerprint density at radius 2 is 2.00 bits per heavy atom. The lowest BCUT2D eigenvalue weighted by atomic mass is 9.80. The van der Waals surface area contributed by atoms with Crippen molar-refractivity contribution >= 4 is 5.69 Å². The molecular formula is C14H18N2O. The van der Waals surface area contributed by atoms with Gasteiger partial charge in [0.05, 0.1) is 0 Å². The van der Waals surface area contributed by atoms with E-state index in [0.717, 1.165) is 37.2 Å². The van der Waals surface area contributed by atoms with Crippen molar-refractivity contribution in [1.29, 1.82) is 0 Å². The highest BCUT2D eigenvalue weighted by Gasteiger charge is 2.64. The fourth-order valence-electron chi connectivity index (χ4n) is 4.09. The number of rotatable bonds is 0. The van der Waals surface area contributed by atoms with Gasteiger partial charge in [-0.15, -0.1) is 0 Å². The Hall–Kier alpha value is -1.06. The van der Waals surface area contributed by atoms with Crippen molar-refractivity contribution in [3.8, 4) is 0 Å². The first-order valence-corrected chi connectivity index (χ1v) is 6.61. The maximum absolute atomic E-state index is 11.2. The smallest absolute Gasteiger partial charge is 0.129 e. The number of nitrogens with zero attached hydrogens (tertiary/aromatic N) is 1. The number of piperidine rings is 1. The van der Waals surface area contributed by atoms with Gasteiger partial charge >= 0.3 is 0 Å². The molecule has 3 heteroatoms. The van der Waals surface area contributed by atoms with E-state index in [4.69, 9.17) is 0 Å². The Morgan fingerprint density at radius 3 is 2.94 bits per heavy atom. The Morgan fingerprint density at radius 1 is 1.12 bits per heavy atom. The van der Waals surface area contributed by atoms with E-state index in [0.29, 0.717) is 0 Å². The molecule has 90 valence electrons. The summed E-state index contributed by atoms with van der Waals surface area (Å²) in [5, 5.41) is 14.8. The highest BCUT2D eigenvalue weighted by Crippen LogP contribution is 2.56. The topological polar surface area (TPSA) is 35.5 Å². The van der Waals surface area contributed by atoms with Crippen LogP contribution in [0, 0.1) is 0 Å². The molecule has 2 saturated heterocycles. The normalized spacial score (nSPS) is 39.4. The van der Waals surface area contributed by atoms with Gasteiger partial charge in [0.15, 0.2) is 0 Å². The molecule has 2 unspecified atom stereocenters. The van der Waals surface area contributed by atoms with Crippen molar-refractivity contribution in [1.82, 2.24) is 4.90 Å². The van der Waals surface area contributed by atoms with Crippen molar-refractivity contribution in [3.05, 3.63) is 29.8 Å². The van der Waals surface area contributed by atoms with Gasteiger partial charge in [0.1, 0.15) is 11.3 Å². The van der Waals surface area contributed by atoms with Crippen LogP contribution in [0.1, 0.15) is 31.2 Å². The lowest BCUT2D eigenvalue weighted by molar-refractivity contribution is -0.0593. The second-order valence-corrected chi connectivity index (χ2v) is 5.59. The van der Waals surface area contributed by atoms with E-state index in [9.17, 15) is 5.11 Å². The summed E-state index contributed by atoms with van der Waals surface area (Å²) in [7, 11) is 0. The minimum absolute atomic E-state index is 0.213. The summed E-state index contributed by atoms with van der Waals surface area (Å²) in [6.45, 7) is 2.13. The molecule has 17 heavy (non-hydrogen) atoms. The third kappa shape index (κ3) is 1.00. The Bertz CT molecular complexity index is 475. The molecule has 0 radical (unpaired) electrons. The Labute approximate surface area is 101 Å². The van der Waals surface area contributed by atoms with Crippen LogP contribution in [0.15, 0.2) is 24.3 Å². The number of hydrogen-bond acceptors (Lipinski definition) is 3. The first-order chi connectivity index (χ1) is 8.26. The van der Waals surface area contributed by atoms with Crippen LogP contribution < -0.4 is 5.32 Å². The fourth-order valence-corrected chi connectivity index (χ4v) is 4.09. The van der Waals surface area contributed by atoms with Crippen LogP contribution in [0.5, 0.6) is 0 Å². The third-order valence-corrected chi connectivity index (χ3v) is 4.90. The fraction of sp³-hybridized carbons (Fsp3) is 0.571. The molecule has 2 N–H and O–H groups in total. The molecule has 2 atom stereocenters. The predicted octanol–water partition coefficient (Wildman–Crippen LogP) is 1.89. The number of fused-ring (bicyclic) bond motifs is 2. The van der Waals surface area contributed by atoms with Crippen LogP contribution in [0.4, 0.5) is 5.69 Å².